The van der Waals surface area contributed by atoms with Crippen LogP contribution >= 0.6 is 12.4 Å². The van der Waals surface area contributed by atoms with E-state index in [4.69, 9.17) is 4.74 Å². The van der Waals surface area contributed by atoms with E-state index in [0.29, 0.717) is 24.0 Å². The molecule has 10 heteroatoms. The van der Waals surface area contributed by atoms with Crippen molar-refractivity contribution < 1.29 is 17.9 Å². The average molecular weight is 601 g/mol. The number of nitrogens with zero attached hydrogens (tertiary/aromatic N) is 1. The predicted octanol–water partition coefficient (Wildman–Crippen LogP) is 4.96. The maximum Gasteiger partial charge on any atom is 0.237 e. The number of piperidine rings is 1. The normalized spacial score (nSPS) is 15.0. The van der Waals surface area contributed by atoms with E-state index in [1.165, 1.54) is 11.1 Å². The lowest BCUT2D eigenvalue weighted by Gasteiger charge is -2.34. The summed E-state index contributed by atoms with van der Waals surface area (Å²) in [6.45, 7) is 5.54. The van der Waals surface area contributed by atoms with Crippen molar-refractivity contribution in [3.8, 4) is 11.5 Å². The summed E-state index contributed by atoms with van der Waals surface area (Å²) in [5, 5.41) is 6.69. The van der Waals surface area contributed by atoms with Crippen LogP contribution in [0.4, 0.5) is 5.69 Å². The third-order valence-electron chi connectivity index (χ3n) is 7.03. The highest BCUT2D eigenvalue weighted by Crippen LogP contribution is 2.24. The summed E-state index contributed by atoms with van der Waals surface area (Å²) in [7, 11) is -3.31. The maximum absolute atomic E-state index is 12.7. The molecule has 3 aromatic carbocycles. The molecule has 1 aliphatic rings. The van der Waals surface area contributed by atoms with E-state index >= 15 is 0 Å². The Morgan fingerprint density at radius 3 is 2.12 bits per heavy atom. The van der Waals surface area contributed by atoms with Gasteiger partial charge in [-0.2, -0.15) is 0 Å². The first-order valence-corrected chi connectivity index (χ1v) is 15.8. The monoisotopic (exact) mass is 600 g/mol. The molecule has 4 rings (SSSR count). The topological polar surface area (TPSA) is 99.8 Å². The van der Waals surface area contributed by atoms with Crippen molar-refractivity contribution in [2.24, 2.45) is 0 Å². The van der Waals surface area contributed by atoms with Crippen molar-refractivity contribution in [1.29, 1.82) is 0 Å². The molecule has 3 N–H and O–H groups in total. The Bertz CT molecular complexity index is 1310. The Balaban J connectivity index is 0.00000462. The van der Waals surface area contributed by atoms with Crippen LogP contribution in [0.15, 0.2) is 78.9 Å². The molecule has 0 saturated carbocycles. The number of likely N-dealkylation sites (tertiary alicyclic amines) is 1. The van der Waals surface area contributed by atoms with Crippen LogP contribution in [0.25, 0.3) is 0 Å². The Morgan fingerprint density at radius 2 is 1.54 bits per heavy atom. The van der Waals surface area contributed by atoms with E-state index in [9.17, 15) is 13.2 Å². The van der Waals surface area contributed by atoms with Gasteiger partial charge in [-0.3, -0.25) is 14.4 Å². The van der Waals surface area contributed by atoms with Crippen LogP contribution in [0.2, 0.25) is 0 Å². The number of carbonyl (C=O) groups is 1. The second-order valence-corrected chi connectivity index (χ2v) is 12.1. The molecule has 1 atom stereocenters. The number of hydrogen-bond donors (Lipinski definition) is 3. The van der Waals surface area contributed by atoms with Crippen molar-refractivity contribution in [3.63, 3.8) is 0 Å². The lowest BCUT2D eigenvalue weighted by atomic mass is 10.0. The summed E-state index contributed by atoms with van der Waals surface area (Å²) in [5.74, 6) is 1.45. The van der Waals surface area contributed by atoms with Crippen molar-refractivity contribution in [2.45, 2.75) is 51.2 Å². The van der Waals surface area contributed by atoms with Crippen LogP contribution in [-0.2, 0) is 27.8 Å². The molecule has 0 aliphatic carbocycles. The van der Waals surface area contributed by atoms with Gasteiger partial charge in [0.2, 0.25) is 15.9 Å². The van der Waals surface area contributed by atoms with Gasteiger partial charge in [0.25, 0.3) is 0 Å². The molecular formula is C31H41ClN4O4S. The quantitative estimate of drug-likeness (QED) is 0.256. The van der Waals surface area contributed by atoms with Gasteiger partial charge in [0.15, 0.2) is 0 Å². The van der Waals surface area contributed by atoms with Crippen molar-refractivity contribution >= 4 is 34.0 Å². The highest BCUT2D eigenvalue weighted by molar-refractivity contribution is 7.92. The van der Waals surface area contributed by atoms with E-state index in [0.717, 1.165) is 57.3 Å². The molecule has 0 spiro atoms. The SMILES string of the molecule is CCC(NC1CCN(Cc2ccc(Oc3ccc(NS(C)(=O)=O)cc3)cc2)CC1)C(=O)NCCc1ccccc1.Cl. The predicted molar refractivity (Wildman–Crippen MR) is 167 cm³/mol. The molecule has 1 heterocycles. The Morgan fingerprint density at radius 1 is 0.927 bits per heavy atom. The summed E-state index contributed by atoms with van der Waals surface area (Å²) in [4.78, 5) is 15.2. The minimum Gasteiger partial charge on any atom is -0.457 e. The van der Waals surface area contributed by atoms with Gasteiger partial charge >= 0.3 is 0 Å². The smallest absolute Gasteiger partial charge is 0.237 e. The molecule has 0 radical (unpaired) electrons. The molecule has 0 bridgehead atoms. The van der Waals surface area contributed by atoms with Crippen LogP contribution in [0.1, 0.15) is 37.3 Å². The van der Waals surface area contributed by atoms with Gasteiger partial charge in [-0.15, -0.1) is 12.4 Å². The Kier molecular flexibility index (Phi) is 12.5. The standard InChI is InChI=1S/C31H40N4O4S.ClH/c1-3-30(31(36)32-20-17-24-7-5-4-6-8-24)33-26-18-21-35(22-19-26)23-25-9-13-28(14-10-25)39-29-15-11-27(12-16-29)34-40(2,37)38;/h4-16,26,30,33-34H,3,17-23H2,1-2H3,(H,32,36);1H. The largest absolute Gasteiger partial charge is 0.457 e. The molecule has 222 valence electrons. The number of ether oxygens (including phenoxy) is 1. The zero-order valence-electron chi connectivity index (χ0n) is 23.7. The molecule has 1 fully saturated rings. The van der Waals surface area contributed by atoms with Crippen LogP contribution in [0, 0.1) is 0 Å². The fourth-order valence-electron chi connectivity index (χ4n) is 4.88. The van der Waals surface area contributed by atoms with Crippen LogP contribution in [0.3, 0.4) is 0 Å². The molecular weight excluding hydrogens is 560 g/mol. The van der Waals surface area contributed by atoms with Crippen molar-refractivity contribution in [2.75, 3.05) is 30.6 Å². The van der Waals surface area contributed by atoms with Crippen LogP contribution in [-0.4, -0.2) is 57.2 Å². The number of halogens is 1. The van der Waals surface area contributed by atoms with E-state index in [1.54, 1.807) is 24.3 Å². The number of benzene rings is 3. The van der Waals surface area contributed by atoms with E-state index in [-0.39, 0.29) is 24.4 Å². The Labute approximate surface area is 250 Å². The lowest BCUT2D eigenvalue weighted by molar-refractivity contribution is -0.123. The molecule has 0 aromatic heterocycles. The second-order valence-electron chi connectivity index (χ2n) is 10.3. The highest BCUT2D eigenvalue weighted by Gasteiger charge is 2.24. The molecule has 1 saturated heterocycles. The summed E-state index contributed by atoms with van der Waals surface area (Å²) in [6, 6.07) is 25.3. The number of hydrogen-bond acceptors (Lipinski definition) is 6. The number of nitrogens with one attached hydrogen (secondary N) is 3. The van der Waals surface area contributed by atoms with Gasteiger partial charge in [0.1, 0.15) is 11.5 Å². The molecule has 3 aromatic rings. The summed E-state index contributed by atoms with van der Waals surface area (Å²) < 4.78 is 31.1. The van der Waals surface area contributed by atoms with E-state index in [2.05, 4.69) is 51.4 Å². The maximum atomic E-state index is 12.7. The van der Waals surface area contributed by atoms with E-state index < -0.39 is 10.0 Å². The third-order valence-corrected chi connectivity index (χ3v) is 7.63. The molecule has 41 heavy (non-hydrogen) atoms. The van der Waals surface area contributed by atoms with Crippen LogP contribution in [0.5, 0.6) is 11.5 Å². The van der Waals surface area contributed by atoms with Crippen LogP contribution < -0.4 is 20.1 Å². The minimum absolute atomic E-state index is 0. The van der Waals surface area contributed by atoms with Gasteiger partial charge in [0.05, 0.1) is 12.3 Å². The zero-order chi connectivity index (χ0) is 28.4. The zero-order valence-corrected chi connectivity index (χ0v) is 25.3. The summed E-state index contributed by atoms with van der Waals surface area (Å²) >= 11 is 0. The van der Waals surface area contributed by atoms with Gasteiger partial charge < -0.3 is 15.4 Å². The van der Waals surface area contributed by atoms with Gasteiger partial charge in [0, 0.05) is 24.8 Å². The summed E-state index contributed by atoms with van der Waals surface area (Å²) in [5.41, 5.74) is 2.95. The number of carbonyl (C=O) groups excluding carboxylic acids is 1. The number of rotatable bonds is 13. The fourth-order valence-corrected chi connectivity index (χ4v) is 5.45. The average Bonchev–Trinajstić information content (AvgIpc) is 2.94. The second kappa shape index (κ2) is 15.8. The molecule has 8 nitrogen and oxygen atoms in total. The first-order chi connectivity index (χ1) is 19.3. The molecule has 1 unspecified atom stereocenters. The lowest BCUT2D eigenvalue weighted by Crippen LogP contribution is -2.51. The van der Waals surface area contributed by atoms with Crippen molar-refractivity contribution in [3.05, 3.63) is 90.0 Å². The highest BCUT2D eigenvalue weighted by atomic mass is 35.5. The van der Waals surface area contributed by atoms with Gasteiger partial charge in [-0.1, -0.05) is 49.4 Å². The van der Waals surface area contributed by atoms with Gasteiger partial charge in [-0.05, 0) is 86.3 Å². The van der Waals surface area contributed by atoms with Crippen molar-refractivity contribution in [1.82, 2.24) is 15.5 Å². The van der Waals surface area contributed by atoms with E-state index in [1.807, 2.05) is 30.3 Å². The fraction of sp³-hybridized carbons (Fsp3) is 0.387. The first-order valence-electron chi connectivity index (χ1n) is 13.9. The molecule has 1 aliphatic heterocycles. The number of anilines is 1. The number of amides is 1. The van der Waals surface area contributed by atoms with Gasteiger partial charge in [-0.25, -0.2) is 8.42 Å². The third kappa shape index (κ3) is 11.0. The number of sulfonamides is 1. The first kappa shape index (κ1) is 32.4. The molecule has 1 amide bonds. The Hall–Kier alpha value is -3.11. The summed E-state index contributed by atoms with van der Waals surface area (Å²) in [6.07, 6.45) is 4.76. The minimum atomic E-state index is -3.31.